The van der Waals surface area contributed by atoms with Crippen LogP contribution in [-0.2, 0) is 6.42 Å². The third-order valence-corrected chi connectivity index (χ3v) is 8.15. The van der Waals surface area contributed by atoms with E-state index >= 15 is 0 Å². The summed E-state index contributed by atoms with van der Waals surface area (Å²) >= 11 is 0. The fourth-order valence-electron chi connectivity index (χ4n) is 6.15. The van der Waals surface area contributed by atoms with Gasteiger partial charge in [0.2, 0.25) is 5.75 Å². The zero-order valence-corrected chi connectivity index (χ0v) is 23.4. The summed E-state index contributed by atoms with van der Waals surface area (Å²) in [6, 6.07) is 18.2. The van der Waals surface area contributed by atoms with Crippen LogP contribution in [0.2, 0.25) is 0 Å². The molecule has 7 rings (SSSR count). The highest BCUT2D eigenvalue weighted by molar-refractivity contribution is 6.12. The number of aromatic nitrogens is 1. The Balaban J connectivity index is 1.44. The topological polar surface area (TPSA) is 125 Å². The van der Waals surface area contributed by atoms with Gasteiger partial charge in [-0.25, -0.2) is 0 Å². The highest BCUT2D eigenvalue weighted by Crippen LogP contribution is 2.48. The fourth-order valence-corrected chi connectivity index (χ4v) is 6.15. The molecular weight excluding hydrogens is 546 g/mol. The number of phenols is 2. The summed E-state index contributed by atoms with van der Waals surface area (Å²) in [6.45, 7) is 0.0116. The lowest BCUT2D eigenvalue weighted by molar-refractivity contribution is 0.228. The number of aliphatic hydroxyl groups excluding tert-OH is 1. The second-order valence-corrected chi connectivity index (χ2v) is 10.7. The van der Waals surface area contributed by atoms with Crippen molar-refractivity contribution in [3.8, 4) is 34.3 Å². The van der Waals surface area contributed by atoms with E-state index in [1.54, 1.807) is 12.1 Å². The number of nitrogens with one attached hydrogen (secondary N) is 1. The molecule has 0 spiro atoms. The molecule has 1 atom stereocenters. The molecule has 0 saturated heterocycles. The Morgan fingerprint density at radius 2 is 1.81 bits per heavy atom. The molecule has 2 heterocycles. The van der Waals surface area contributed by atoms with Crippen LogP contribution in [0, 0.1) is 0 Å². The number of aliphatic hydroxyl groups is 1. The van der Waals surface area contributed by atoms with Crippen LogP contribution >= 0.6 is 0 Å². The second-order valence-electron chi connectivity index (χ2n) is 10.7. The predicted octanol–water partition coefficient (Wildman–Crippen LogP) is 6.63. The van der Waals surface area contributed by atoms with Crippen molar-refractivity contribution in [3.05, 3.63) is 99.9 Å². The predicted molar refractivity (Wildman–Crippen MR) is 166 cm³/mol. The van der Waals surface area contributed by atoms with Crippen molar-refractivity contribution in [2.75, 3.05) is 20.3 Å². The van der Waals surface area contributed by atoms with Gasteiger partial charge in [0.1, 0.15) is 22.5 Å². The van der Waals surface area contributed by atoms with E-state index in [4.69, 9.17) is 13.9 Å². The summed E-state index contributed by atoms with van der Waals surface area (Å²) < 4.78 is 17.9. The summed E-state index contributed by atoms with van der Waals surface area (Å²) in [7, 11) is 1.41. The smallest absolute Gasteiger partial charge is 0.204 e. The van der Waals surface area contributed by atoms with Gasteiger partial charge in [-0.2, -0.15) is 0 Å². The lowest BCUT2D eigenvalue weighted by Crippen LogP contribution is -2.11. The Labute approximate surface area is 246 Å². The fraction of sp³-hybridized carbons (Fsp3) is 0.171. The Hall–Kier alpha value is -5.21. The van der Waals surface area contributed by atoms with Crippen LogP contribution in [0.1, 0.15) is 29.0 Å². The van der Waals surface area contributed by atoms with Crippen LogP contribution in [0.4, 0.5) is 0 Å². The molecule has 0 aliphatic heterocycles. The third kappa shape index (κ3) is 4.38. The quantitative estimate of drug-likeness (QED) is 0.150. The first kappa shape index (κ1) is 26.7. The molecule has 0 amide bonds. The van der Waals surface area contributed by atoms with Gasteiger partial charge in [0.05, 0.1) is 13.7 Å². The summed E-state index contributed by atoms with van der Waals surface area (Å²) in [6.07, 6.45) is 6.79. The Kier molecular flexibility index (Phi) is 6.55. The van der Waals surface area contributed by atoms with Gasteiger partial charge in [0, 0.05) is 53.2 Å². The number of fused-ring (bicyclic) bond motifs is 3. The van der Waals surface area contributed by atoms with Crippen molar-refractivity contribution in [1.29, 1.82) is 0 Å². The Bertz CT molecular complexity index is 2100. The molecule has 0 saturated carbocycles. The molecule has 1 unspecified atom stereocenters. The molecule has 8 nitrogen and oxygen atoms in total. The average Bonchev–Trinajstić information content (AvgIpc) is 3.49. The molecule has 6 aromatic rings. The van der Waals surface area contributed by atoms with E-state index < -0.39 is 0 Å². The number of aromatic amines is 1. The van der Waals surface area contributed by atoms with E-state index in [9.17, 15) is 20.1 Å². The average molecular weight is 576 g/mol. The first-order valence-corrected chi connectivity index (χ1v) is 14.1. The maximum absolute atomic E-state index is 13.7. The number of allylic oxidation sites excluding steroid dienone is 1. The standard InChI is InChI=1S/C35H29NO7/c1-41-35-32(40)26(16-20-6-7-21-17-27-24(12-13-36-27)25-5-2-4-23(20)30(21)25)33-31(34(35)42-15-3-14-37)28(39)18-29(43-33)19-8-10-22(38)11-9-19/h2,4-13,17-18,20,36-38,40H,3,14-16H2,1H3. The highest BCUT2D eigenvalue weighted by atomic mass is 16.5. The zero-order valence-electron chi connectivity index (χ0n) is 23.4. The summed E-state index contributed by atoms with van der Waals surface area (Å²) in [5, 5.41) is 34.3. The number of hydrogen-bond acceptors (Lipinski definition) is 7. The van der Waals surface area contributed by atoms with Gasteiger partial charge in [0.25, 0.3) is 0 Å². The summed E-state index contributed by atoms with van der Waals surface area (Å²) in [5.41, 5.74) is 4.10. The normalized spacial score (nSPS) is 14.1. The molecule has 43 heavy (non-hydrogen) atoms. The monoisotopic (exact) mass is 575 g/mol. The van der Waals surface area contributed by atoms with Gasteiger partial charge in [0.15, 0.2) is 16.9 Å². The molecule has 0 fully saturated rings. The van der Waals surface area contributed by atoms with E-state index in [1.807, 2.05) is 12.3 Å². The minimum Gasteiger partial charge on any atom is -0.508 e. The van der Waals surface area contributed by atoms with Crippen molar-refractivity contribution in [2.45, 2.75) is 18.8 Å². The van der Waals surface area contributed by atoms with E-state index in [1.165, 1.54) is 25.3 Å². The maximum atomic E-state index is 13.7. The van der Waals surface area contributed by atoms with Crippen molar-refractivity contribution in [1.82, 2.24) is 4.98 Å². The minimum absolute atomic E-state index is 0.0394. The molecule has 0 radical (unpaired) electrons. The van der Waals surface area contributed by atoms with Crippen LogP contribution in [0.15, 0.2) is 82.1 Å². The van der Waals surface area contributed by atoms with Crippen LogP contribution in [-0.4, -0.2) is 40.6 Å². The number of hydrogen-bond donors (Lipinski definition) is 4. The first-order valence-electron chi connectivity index (χ1n) is 14.1. The molecule has 1 aliphatic carbocycles. The van der Waals surface area contributed by atoms with E-state index in [-0.39, 0.29) is 64.3 Å². The number of ether oxygens (including phenoxy) is 2. The van der Waals surface area contributed by atoms with E-state index in [2.05, 4.69) is 41.4 Å². The van der Waals surface area contributed by atoms with E-state index in [0.717, 1.165) is 32.8 Å². The number of H-pyrrole nitrogens is 1. The number of methoxy groups -OCH3 is 1. The van der Waals surface area contributed by atoms with Crippen LogP contribution in [0.25, 0.3) is 50.0 Å². The lowest BCUT2D eigenvalue weighted by atomic mass is 9.81. The van der Waals surface area contributed by atoms with Gasteiger partial charge in [-0.3, -0.25) is 4.79 Å². The number of rotatable bonds is 8. The highest BCUT2D eigenvalue weighted by Gasteiger charge is 2.29. The van der Waals surface area contributed by atoms with Crippen molar-refractivity contribution in [2.24, 2.45) is 0 Å². The van der Waals surface area contributed by atoms with Crippen molar-refractivity contribution < 1.29 is 29.2 Å². The molecule has 2 aromatic heterocycles. The molecule has 8 heteroatoms. The summed E-state index contributed by atoms with van der Waals surface area (Å²) in [4.78, 5) is 17.1. The van der Waals surface area contributed by atoms with Gasteiger partial charge >= 0.3 is 0 Å². The largest absolute Gasteiger partial charge is 0.508 e. The minimum atomic E-state index is -0.371. The van der Waals surface area contributed by atoms with Crippen molar-refractivity contribution >= 4 is 38.7 Å². The molecular formula is C35H29NO7. The third-order valence-electron chi connectivity index (χ3n) is 8.15. The van der Waals surface area contributed by atoms with Crippen LogP contribution in [0.5, 0.6) is 23.0 Å². The van der Waals surface area contributed by atoms with Crippen LogP contribution < -0.4 is 14.9 Å². The molecule has 216 valence electrons. The molecule has 0 bridgehead atoms. The van der Waals surface area contributed by atoms with Gasteiger partial charge in [-0.05, 0) is 64.7 Å². The Morgan fingerprint density at radius 1 is 0.977 bits per heavy atom. The number of aromatic hydroxyl groups is 2. The summed E-state index contributed by atoms with van der Waals surface area (Å²) in [5.74, 6) is 0.163. The Morgan fingerprint density at radius 3 is 2.60 bits per heavy atom. The maximum Gasteiger partial charge on any atom is 0.204 e. The molecule has 4 aromatic carbocycles. The van der Waals surface area contributed by atoms with Gasteiger partial charge in [-0.15, -0.1) is 0 Å². The van der Waals surface area contributed by atoms with Gasteiger partial charge < -0.3 is 34.2 Å². The first-order chi connectivity index (χ1) is 21.0. The second kappa shape index (κ2) is 10.6. The van der Waals surface area contributed by atoms with Gasteiger partial charge in [-0.1, -0.05) is 30.4 Å². The number of phenolic OH excluding ortho intramolecular Hbond substituents is 2. The molecule has 4 N–H and O–H groups in total. The lowest BCUT2D eigenvalue weighted by Gasteiger charge is -2.24. The van der Waals surface area contributed by atoms with Crippen LogP contribution in [0.3, 0.4) is 0 Å². The number of benzene rings is 4. The van der Waals surface area contributed by atoms with E-state index in [0.29, 0.717) is 24.0 Å². The zero-order chi connectivity index (χ0) is 29.7. The van der Waals surface area contributed by atoms with Crippen molar-refractivity contribution in [3.63, 3.8) is 0 Å². The molecule has 1 aliphatic rings. The SMILES string of the molecule is COc1c(O)c(CC2C=Cc3cc4[nH]ccc4c4cccc2c34)c2oc(-c3ccc(O)cc3)cc(=O)c2c1OCCCO.